The Morgan fingerprint density at radius 3 is 0.795 bits per heavy atom. The Labute approximate surface area is 275 Å². The van der Waals surface area contributed by atoms with Gasteiger partial charge in [-0.25, -0.2) is 4.18 Å². The fourth-order valence-corrected chi connectivity index (χ4v) is 4.67. The number of nitrogens with zero attached hydrogens (tertiary/aromatic N) is 1. The van der Waals surface area contributed by atoms with Crippen LogP contribution in [0.15, 0.2) is 0 Å². The molecular formula is C32H76N2O8S2. The third kappa shape index (κ3) is 73.3. The highest BCUT2D eigenvalue weighted by atomic mass is 32.3. The van der Waals surface area contributed by atoms with Gasteiger partial charge in [0.05, 0.1) is 6.61 Å². The Morgan fingerprint density at radius 1 is 0.432 bits per heavy atom. The van der Waals surface area contributed by atoms with Crippen LogP contribution in [0, 0.1) is 0 Å². The van der Waals surface area contributed by atoms with E-state index < -0.39 is 20.8 Å². The average molecular weight is 681 g/mol. The van der Waals surface area contributed by atoms with Crippen LogP contribution >= 0.6 is 0 Å². The summed E-state index contributed by atoms with van der Waals surface area (Å²) in [5, 5.41) is 0. The lowest BCUT2D eigenvalue weighted by Crippen LogP contribution is -2.21. The molecule has 0 bridgehead atoms. The second-order valence-corrected chi connectivity index (χ2v) is 13.0. The van der Waals surface area contributed by atoms with E-state index in [-0.39, 0.29) is 12.8 Å². The molecule has 0 aromatic carbocycles. The molecule has 0 aromatic rings. The summed E-state index contributed by atoms with van der Waals surface area (Å²) >= 11 is 0. The Morgan fingerprint density at radius 2 is 0.636 bits per heavy atom. The maximum absolute atomic E-state index is 10.2. The minimum atomic E-state index is -4.67. The van der Waals surface area contributed by atoms with E-state index in [4.69, 9.17) is 22.1 Å². The van der Waals surface area contributed by atoms with Gasteiger partial charge in [0, 0.05) is 0 Å². The molecule has 0 fully saturated rings. The fraction of sp³-hybridized carbons (Fsp3) is 1.00. The summed E-state index contributed by atoms with van der Waals surface area (Å²) in [5.74, 6) is 0. The molecule has 10 nitrogen and oxygen atoms in total. The van der Waals surface area contributed by atoms with Gasteiger partial charge in [0.25, 0.3) is 0 Å². The molecule has 0 aliphatic heterocycles. The minimum Gasteiger partial charge on any atom is -0.344 e. The molecule has 0 unspecified atom stereocenters. The van der Waals surface area contributed by atoms with Gasteiger partial charge >= 0.3 is 20.8 Å². The number of hydrogen-bond donors (Lipinski definition) is 4. The smallest absolute Gasteiger partial charge is 0.344 e. The highest BCUT2D eigenvalue weighted by Crippen LogP contribution is 2.12. The van der Waals surface area contributed by atoms with Crippen molar-refractivity contribution in [3.05, 3.63) is 0 Å². The first kappa shape index (κ1) is 53.2. The summed E-state index contributed by atoms with van der Waals surface area (Å²) in [5.41, 5.74) is 0. The molecule has 0 saturated carbocycles. The lowest BCUT2D eigenvalue weighted by molar-refractivity contribution is 0.261. The van der Waals surface area contributed by atoms with E-state index in [1.165, 1.54) is 142 Å². The molecular weight excluding hydrogens is 604 g/mol. The van der Waals surface area contributed by atoms with Crippen LogP contribution in [0.1, 0.15) is 183 Å². The molecule has 0 aliphatic rings. The molecule has 0 saturated heterocycles. The van der Waals surface area contributed by atoms with Gasteiger partial charge in [-0.05, 0) is 26.1 Å². The zero-order chi connectivity index (χ0) is 33.7. The van der Waals surface area contributed by atoms with Gasteiger partial charge in [-0.3, -0.25) is 13.7 Å². The summed E-state index contributed by atoms with van der Waals surface area (Å²) < 4.78 is 64.6. The van der Waals surface area contributed by atoms with Gasteiger partial charge in [-0.2, -0.15) is 16.8 Å². The Balaban J connectivity index is -0.000000168. The lowest BCUT2D eigenvalue weighted by atomic mass is 10.1. The van der Waals surface area contributed by atoms with E-state index in [0.29, 0.717) is 6.42 Å². The normalized spacial score (nSPS) is 11.0. The molecule has 0 atom stereocenters. The van der Waals surface area contributed by atoms with Crippen molar-refractivity contribution in [2.24, 2.45) is 0 Å². The first-order valence-electron chi connectivity index (χ1n) is 17.4. The van der Waals surface area contributed by atoms with E-state index in [1.54, 1.807) is 0 Å². The standard InChI is InChI=1S/C14H30.C12H26O4S.C6H15N.H3N.H2O4S/c1-3-5-7-9-11-13-14-12-10-8-6-4-2;1-2-3-4-5-6-7-8-9-10-11-12-16-17(13,14)15;1-4-7(5-2)6-3;;1-5(2,3)4/h3-14H2,1-2H3;2-12H2,1H3,(H,13,14,15);4-6H2,1-3H3;1H3;(H2,1,2,3,4). The van der Waals surface area contributed by atoms with Crippen LogP contribution in [0.25, 0.3) is 0 Å². The lowest BCUT2D eigenvalue weighted by Gasteiger charge is -2.13. The number of unbranched alkanes of at least 4 members (excludes halogenated alkanes) is 20. The molecule has 44 heavy (non-hydrogen) atoms. The summed E-state index contributed by atoms with van der Waals surface area (Å²) in [7, 11) is -8.90. The SMILES string of the molecule is CCCCCCCCCCCCCC.CCCCCCCCCCCCOS(=O)(=O)O.CCN(CC)CC.N.O=S(=O)(O)O. The van der Waals surface area contributed by atoms with Crippen molar-refractivity contribution in [1.29, 1.82) is 0 Å². The van der Waals surface area contributed by atoms with Crippen LogP contribution in [0.3, 0.4) is 0 Å². The largest absolute Gasteiger partial charge is 0.397 e. The molecule has 0 amide bonds. The van der Waals surface area contributed by atoms with Gasteiger partial charge in [0.2, 0.25) is 0 Å². The van der Waals surface area contributed by atoms with Gasteiger partial charge in [0.1, 0.15) is 0 Å². The first-order chi connectivity index (χ1) is 20.3. The van der Waals surface area contributed by atoms with E-state index in [2.05, 4.69) is 50.6 Å². The Bertz CT molecular complexity index is 680. The van der Waals surface area contributed by atoms with Crippen molar-refractivity contribution in [3.8, 4) is 0 Å². The summed E-state index contributed by atoms with van der Waals surface area (Å²) in [6.07, 6.45) is 29.3. The Kier molecular flexibility index (Phi) is 51.5. The molecule has 0 rings (SSSR count). The van der Waals surface area contributed by atoms with E-state index >= 15 is 0 Å². The van der Waals surface area contributed by atoms with Crippen LogP contribution < -0.4 is 6.15 Å². The average Bonchev–Trinajstić information content (AvgIpc) is 2.93. The topological polar surface area (TPSA) is 176 Å². The van der Waals surface area contributed by atoms with E-state index in [9.17, 15) is 8.42 Å². The molecule has 6 N–H and O–H groups in total. The first-order valence-corrected chi connectivity index (χ1v) is 20.1. The Hall–Kier alpha value is -0.340. The van der Waals surface area contributed by atoms with Crippen LogP contribution in [0.5, 0.6) is 0 Å². The van der Waals surface area contributed by atoms with Crippen molar-refractivity contribution in [1.82, 2.24) is 11.1 Å². The third-order valence-corrected chi connectivity index (χ3v) is 7.49. The second-order valence-electron chi connectivity index (χ2n) is 11.0. The molecule has 274 valence electrons. The van der Waals surface area contributed by atoms with Crippen molar-refractivity contribution in [2.75, 3.05) is 26.2 Å². The van der Waals surface area contributed by atoms with Gasteiger partial charge < -0.3 is 11.1 Å². The van der Waals surface area contributed by atoms with Crippen LogP contribution in [0.2, 0.25) is 0 Å². The minimum absolute atomic E-state index is 0. The highest BCUT2D eigenvalue weighted by molar-refractivity contribution is 7.80. The quantitative estimate of drug-likeness (QED) is 0.0507. The molecule has 12 heteroatoms. The predicted octanol–water partition coefficient (Wildman–Crippen LogP) is 10.3. The van der Waals surface area contributed by atoms with Gasteiger partial charge in [0.15, 0.2) is 0 Å². The summed E-state index contributed by atoms with van der Waals surface area (Å²) in [6.45, 7) is 17.0. The van der Waals surface area contributed by atoms with Gasteiger partial charge in [-0.1, -0.05) is 176 Å². The highest BCUT2D eigenvalue weighted by Gasteiger charge is 2.02. The molecule has 0 spiro atoms. The molecule has 0 aromatic heterocycles. The van der Waals surface area contributed by atoms with Crippen LogP contribution in [-0.4, -0.2) is 61.6 Å². The third-order valence-electron chi connectivity index (χ3n) is 7.03. The number of hydrogen-bond acceptors (Lipinski definition) is 7. The van der Waals surface area contributed by atoms with Crippen molar-refractivity contribution >= 4 is 20.8 Å². The van der Waals surface area contributed by atoms with Gasteiger partial charge in [-0.15, -0.1) is 0 Å². The monoisotopic (exact) mass is 681 g/mol. The second kappa shape index (κ2) is 42.7. The van der Waals surface area contributed by atoms with Crippen LogP contribution in [-0.2, 0) is 25.0 Å². The predicted molar refractivity (Wildman–Crippen MR) is 189 cm³/mol. The fourth-order valence-electron chi connectivity index (χ4n) is 4.34. The zero-order valence-electron chi connectivity index (χ0n) is 29.7. The molecule has 0 radical (unpaired) electrons. The molecule has 0 aliphatic carbocycles. The summed E-state index contributed by atoms with van der Waals surface area (Å²) in [6, 6.07) is 0. The maximum atomic E-state index is 10.2. The van der Waals surface area contributed by atoms with Crippen molar-refractivity contribution in [3.63, 3.8) is 0 Å². The zero-order valence-corrected chi connectivity index (χ0v) is 31.4. The summed E-state index contributed by atoms with van der Waals surface area (Å²) in [4.78, 5) is 2.38. The molecule has 0 heterocycles. The maximum Gasteiger partial charge on any atom is 0.397 e. The van der Waals surface area contributed by atoms with Crippen molar-refractivity contribution in [2.45, 2.75) is 183 Å². The van der Waals surface area contributed by atoms with E-state index in [0.717, 1.165) is 12.8 Å². The van der Waals surface area contributed by atoms with E-state index in [1.807, 2.05) is 0 Å². The number of rotatable bonds is 26. The van der Waals surface area contributed by atoms with Crippen LogP contribution in [0.4, 0.5) is 0 Å². The van der Waals surface area contributed by atoms with Crippen molar-refractivity contribution < 1.29 is 34.7 Å².